The number of hydrogen-bond donors (Lipinski definition) is 0. The second-order valence-corrected chi connectivity index (χ2v) is 11.0. The number of para-hydroxylation sites is 1. The molecule has 3 amide bonds. The fourth-order valence-corrected chi connectivity index (χ4v) is 5.88. The lowest BCUT2D eigenvalue weighted by Crippen LogP contribution is -2.51. The highest BCUT2D eigenvalue weighted by Gasteiger charge is 2.37. The average molecular weight is 624 g/mol. The maximum atomic E-state index is 13.1. The summed E-state index contributed by atoms with van der Waals surface area (Å²) in [7, 11) is 1.53. The summed E-state index contributed by atoms with van der Waals surface area (Å²) in [5.74, 6) is 0.226. The molecular weight excluding hydrogens is 596 g/mol. The molecule has 3 heterocycles. The molecule has 2 aliphatic heterocycles. The molecule has 2 aromatic carbocycles. The summed E-state index contributed by atoms with van der Waals surface area (Å²) in [4.78, 5) is 48.2. The van der Waals surface area contributed by atoms with Crippen molar-refractivity contribution in [3.8, 4) is 11.5 Å². The number of methoxy groups -OCH3 is 1. The van der Waals surface area contributed by atoms with E-state index in [0.717, 1.165) is 28.0 Å². The Kier molecular flexibility index (Phi) is 8.71. The molecule has 206 valence electrons. The summed E-state index contributed by atoms with van der Waals surface area (Å²) < 4.78 is 12.1. The monoisotopic (exact) mass is 622 g/mol. The number of piperazine rings is 1. The van der Waals surface area contributed by atoms with E-state index in [9.17, 15) is 14.4 Å². The van der Waals surface area contributed by atoms with Crippen LogP contribution in [0.25, 0.3) is 6.08 Å². The molecule has 3 aromatic rings. The zero-order valence-corrected chi connectivity index (χ0v) is 24.2. The van der Waals surface area contributed by atoms with Gasteiger partial charge in [0.1, 0.15) is 13.2 Å². The molecule has 0 radical (unpaired) electrons. The zero-order chi connectivity index (χ0) is 28.1. The quantitative estimate of drug-likeness (QED) is 0.330. The molecule has 0 bridgehead atoms. The minimum atomic E-state index is -0.489. The summed E-state index contributed by atoms with van der Waals surface area (Å²) in [6.07, 6.45) is 3.31. The Hall–Kier alpha value is -3.83. The van der Waals surface area contributed by atoms with Gasteiger partial charge < -0.3 is 19.3 Å². The number of amides is 3. The number of imide groups is 1. The molecule has 2 aliphatic rings. The Bertz CT molecular complexity index is 1430. The van der Waals surface area contributed by atoms with Crippen LogP contribution >= 0.6 is 27.7 Å². The number of aromatic nitrogens is 1. The number of nitrogens with zero attached hydrogens (tertiary/aromatic N) is 4. The summed E-state index contributed by atoms with van der Waals surface area (Å²) in [6.45, 7) is 2.42. The zero-order valence-electron chi connectivity index (χ0n) is 21.8. The lowest BCUT2D eigenvalue weighted by molar-refractivity contribution is -0.136. The van der Waals surface area contributed by atoms with Crippen LogP contribution in [0.5, 0.6) is 11.5 Å². The molecule has 0 N–H and O–H groups in total. The van der Waals surface area contributed by atoms with E-state index in [1.165, 1.54) is 7.11 Å². The maximum Gasteiger partial charge on any atom is 0.294 e. The van der Waals surface area contributed by atoms with Crippen LogP contribution in [-0.2, 0) is 16.2 Å². The standard InChI is InChI=1S/C29H27BrN4O5S/c1-38-24-16-20(15-23(30)27(24)39-19-21-7-5-6-10-31-21)17-25-28(36)34(29(37)40-25)18-26(35)33-13-11-32(12-14-33)22-8-3-2-4-9-22/h2-10,15-17H,11-14,18-19H2,1H3/b25-17+. The Labute approximate surface area is 244 Å². The van der Waals surface area contributed by atoms with Gasteiger partial charge in [-0.3, -0.25) is 24.3 Å². The first-order valence-corrected chi connectivity index (χ1v) is 14.3. The molecule has 0 aliphatic carbocycles. The van der Waals surface area contributed by atoms with Crippen LogP contribution in [0.3, 0.4) is 0 Å². The Morgan fingerprint density at radius 2 is 1.80 bits per heavy atom. The number of benzene rings is 2. The molecule has 2 fully saturated rings. The van der Waals surface area contributed by atoms with Gasteiger partial charge in [0.2, 0.25) is 5.91 Å². The number of ether oxygens (including phenoxy) is 2. The molecule has 9 nitrogen and oxygen atoms in total. The lowest BCUT2D eigenvalue weighted by atomic mass is 10.2. The van der Waals surface area contributed by atoms with Crippen molar-refractivity contribution in [2.24, 2.45) is 0 Å². The van der Waals surface area contributed by atoms with Crippen molar-refractivity contribution < 1.29 is 23.9 Å². The molecule has 5 rings (SSSR count). The van der Waals surface area contributed by atoms with Crippen LogP contribution in [0.1, 0.15) is 11.3 Å². The van der Waals surface area contributed by atoms with Gasteiger partial charge in [0.25, 0.3) is 11.1 Å². The van der Waals surface area contributed by atoms with Gasteiger partial charge in [-0.1, -0.05) is 24.3 Å². The topological polar surface area (TPSA) is 92.3 Å². The number of rotatable bonds is 8. The highest BCUT2D eigenvalue weighted by Crippen LogP contribution is 2.39. The normalized spacial score (nSPS) is 16.6. The SMILES string of the molecule is COc1cc(/C=C2/SC(=O)N(CC(=O)N3CCN(c4ccccc4)CC3)C2=O)cc(Br)c1OCc1ccccn1. The largest absolute Gasteiger partial charge is 0.493 e. The van der Waals surface area contributed by atoms with Crippen LogP contribution in [0.4, 0.5) is 10.5 Å². The van der Waals surface area contributed by atoms with Crippen molar-refractivity contribution >= 4 is 56.5 Å². The van der Waals surface area contributed by atoms with E-state index < -0.39 is 11.1 Å². The van der Waals surface area contributed by atoms with E-state index in [2.05, 4.69) is 25.8 Å². The van der Waals surface area contributed by atoms with Gasteiger partial charge in [-0.05, 0) is 75.7 Å². The van der Waals surface area contributed by atoms with E-state index in [-0.39, 0.29) is 24.0 Å². The van der Waals surface area contributed by atoms with Gasteiger partial charge in [0.05, 0.1) is 22.2 Å². The van der Waals surface area contributed by atoms with E-state index in [1.807, 2.05) is 48.5 Å². The maximum absolute atomic E-state index is 13.1. The molecular formula is C29H27BrN4O5S. The smallest absolute Gasteiger partial charge is 0.294 e. The van der Waals surface area contributed by atoms with Crippen molar-refractivity contribution in [1.29, 1.82) is 0 Å². The van der Waals surface area contributed by atoms with E-state index in [1.54, 1.807) is 29.3 Å². The van der Waals surface area contributed by atoms with E-state index >= 15 is 0 Å². The van der Waals surface area contributed by atoms with Crippen molar-refractivity contribution in [3.63, 3.8) is 0 Å². The molecule has 0 unspecified atom stereocenters. The van der Waals surface area contributed by atoms with Crippen LogP contribution in [0.15, 0.2) is 76.2 Å². The third kappa shape index (κ3) is 6.31. The molecule has 11 heteroatoms. The van der Waals surface area contributed by atoms with Crippen molar-refractivity contribution in [2.75, 3.05) is 44.7 Å². The Balaban J connectivity index is 1.22. The van der Waals surface area contributed by atoms with Crippen LogP contribution in [0, 0.1) is 0 Å². The lowest BCUT2D eigenvalue weighted by Gasteiger charge is -2.36. The third-order valence-electron chi connectivity index (χ3n) is 6.56. The number of pyridine rings is 1. The molecule has 0 atom stereocenters. The predicted molar refractivity (Wildman–Crippen MR) is 157 cm³/mol. The second kappa shape index (κ2) is 12.6. The highest BCUT2D eigenvalue weighted by molar-refractivity contribution is 9.10. The Morgan fingerprint density at radius 1 is 1.05 bits per heavy atom. The number of carbonyl (C=O) groups is 3. The number of halogens is 1. The fourth-order valence-electron chi connectivity index (χ4n) is 4.47. The third-order valence-corrected chi connectivity index (χ3v) is 8.06. The number of thioether (sulfide) groups is 1. The first-order chi connectivity index (χ1) is 19.4. The number of anilines is 1. The van der Waals surface area contributed by atoms with Gasteiger partial charge in [-0.15, -0.1) is 0 Å². The van der Waals surface area contributed by atoms with Crippen molar-refractivity contribution in [1.82, 2.24) is 14.8 Å². The highest BCUT2D eigenvalue weighted by atomic mass is 79.9. The first-order valence-electron chi connectivity index (χ1n) is 12.7. The van der Waals surface area contributed by atoms with E-state index in [0.29, 0.717) is 47.7 Å². The summed E-state index contributed by atoms with van der Waals surface area (Å²) in [5, 5.41) is -0.464. The van der Waals surface area contributed by atoms with E-state index in [4.69, 9.17) is 9.47 Å². The second-order valence-electron chi connectivity index (χ2n) is 9.12. The average Bonchev–Trinajstić information content (AvgIpc) is 3.24. The summed E-state index contributed by atoms with van der Waals surface area (Å²) in [5.41, 5.74) is 2.52. The molecule has 2 saturated heterocycles. The van der Waals surface area contributed by atoms with Gasteiger partial charge in [0.15, 0.2) is 11.5 Å². The minimum Gasteiger partial charge on any atom is -0.493 e. The summed E-state index contributed by atoms with van der Waals surface area (Å²) in [6, 6.07) is 19.1. The number of hydrogen-bond acceptors (Lipinski definition) is 8. The molecule has 40 heavy (non-hydrogen) atoms. The van der Waals surface area contributed by atoms with Gasteiger partial charge >= 0.3 is 0 Å². The molecule has 0 saturated carbocycles. The van der Waals surface area contributed by atoms with Crippen LogP contribution in [0.2, 0.25) is 0 Å². The number of carbonyl (C=O) groups excluding carboxylic acids is 3. The first kappa shape index (κ1) is 27.7. The van der Waals surface area contributed by atoms with Crippen LogP contribution < -0.4 is 14.4 Å². The minimum absolute atomic E-state index is 0.239. The molecule has 0 spiro atoms. The summed E-state index contributed by atoms with van der Waals surface area (Å²) >= 11 is 4.34. The van der Waals surface area contributed by atoms with Gasteiger partial charge in [0, 0.05) is 38.1 Å². The Morgan fingerprint density at radius 3 is 2.50 bits per heavy atom. The fraction of sp³-hybridized carbons (Fsp3) is 0.241. The predicted octanol–water partition coefficient (Wildman–Crippen LogP) is 4.82. The van der Waals surface area contributed by atoms with Crippen molar-refractivity contribution in [2.45, 2.75) is 6.61 Å². The van der Waals surface area contributed by atoms with Crippen LogP contribution in [-0.4, -0.2) is 71.7 Å². The van der Waals surface area contributed by atoms with Crippen molar-refractivity contribution in [3.05, 3.63) is 87.5 Å². The van der Waals surface area contributed by atoms with Gasteiger partial charge in [-0.25, -0.2) is 0 Å². The molecule has 1 aromatic heterocycles. The van der Waals surface area contributed by atoms with Gasteiger partial charge in [-0.2, -0.15) is 0 Å².